The predicted octanol–water partition coefficient (Wildman–Crippen LogP) is 7.83. The Hall–Kier alpha value is -3.84. The maximum atomic E-state index is 10.0. The van der Waals surface area contributed by atoms with E-state index in [9.17, 15) is 5.26 Å². The molecular formula is C34H32N4. The van der Waals surface area contributed by atoms with Gasteiger partial charge in [-0.15, -0.1) is 0 Å². The summed E-state index contributed by atoms with van der Waals surface area (Å²) in [5.41, 5.74) is 7.45. The first-order valence-electron chi connectivity index (χ1n) is 13.9. The minimum absolute atomic E-state index is 0.197. The van der Waals surface area contributed by atoms with Gasteiger partial charge in [-0.05, 0) is 99.3 Å². The Bertz CT molecular complexity index is 1460. The number of rotatable bonds is 4. The molecule has 0 atom stereocenters. The third-order valence-corrected chi connectivity index (χ3v) is 9.23. The minimum Gasteiger partial charge on any atom is -0.208 e. The van der Waals surface area contributed by atoms with E-state index in [4.69, 9.17) is 15.0 Å². The van der Waals surface area contributed by atoms with Gasteiger partial charge in [-0.2, -0.15) is 5.26 Å². The second-order valence-electron chi connectivity index (χ2n) is 12.1. The van der Waals surface area contributed by atoms with Crippen molar-refractivity contribution >= 4 is 0 Å². The van der Waals surface area contributed by atoms with Crippen molar-refractivity contribution in [3.63, 3.8) is 0 Å². The Morgan fingerprint density at radius 1 is 0.632 bits per heavy atom. The molecule has 0 unspecified atom stereocenters. The molecule has 0 aliphatic heterocycles. The van der Waals surface area contributed by atoms with Crippen LogP contribution in [0.1, 0.15) is 60.8 Å². The molecule has 1 heterocycles. The number of benzene rings is 3. The Labute approximate surface area is 224 Å². The summed E-state index contributed by atoms with van der Waals surface area (Å²) in [5, 5.41) is 10.0. The van der Waals surface area contributed by atoms with E-state index >= 15 is 0 Å². The normalized spacial score (nSPS) is 25.3. The van der Waals surface area contributed by atoms with Crippen LogP contribution in [-0.2, 0) is 5.41 Å². The number of aromatic nitrogens is 3. The zero-order valence-electron chi connectivity index (χ0n) is 22.1. The molecule has 0 amide bonds. The van der Waals surface area contributed by atoms with E-state index in [0.717, 1.165) is 34.4 Å². The van der Waals surface area contributed by atoms with Gasteiger partial charge in [0.2, 0.25) is 0 Å². The van der Waals surface area contributed by atoms with Crippen LogP contribution in [0.25, 0.3) is 34.2 Å². The molecule has 4 nitrogen and oxygen atoms in total. The van der Waals surface area contributed by atoms with Crippen LogP contribution in [0.2, 0.25) is 0 Å². The Balaban J connectivity index is 1.38. The third-order valence-electron chi connectivity index (χ3n) is 9.23. The van der Waals surface area contributed by atoms with Crippen LogP contribution < -0.4 is 0 Å². The van der Waals surface area contributed by atoms with Gasteiger partial charge in [0.15, 0.2) is 17.5 Å². The fourth-order valence-corrected chi connectivity index (χ4v) is 7.76. The van der Waals surface area contributed by atoms with Crippen molar-refractivity contribution < 1.29 is 0 Å². The van der Waals surface area contributed by atoms with Crippen molar-refractivity contribution in [1.82, 2.24) is 15.0 Å². The van der Waals surface area contributed by atoms with Gasteiger partial charge in [-0.25, -0.2) is 15.0 Å². The largest absolute Gasteiger partial charge is 0.208 e. The lowest BCUT2D eigenvalue weighted by Crippen LogP contribution is -2.48. The van der Waals surface area contributed by atoms with Crippen LogP contribution in [-0.4, -0.2) is 15.0 Å². The summed E-state index contributed by atoms with van der Waals surface area (Å²) in [4.78, 5) is 14.8. The van der Waals surface area contributed by atoms with Crippen LogP contribution in [0.3, 0.4) is 0 Å². The molecule has 0 spiro atoms. The molecule has 8 rings (SSSR count). The number of nitrogens with zero attached hydrogens (tertiary/aromatic N) is 4. The van der Waals surface area contributed by atoms with Crippen molar-refractivity contribution in [3.8, 4) is 40.2 Å². The zero-order valence-corrected chi connectivity index (χ0v) is 22.1. The van der Waals surface area contributed by atoms with Gasteiger partial charge in [-0.3, -0.25) is 0 Å². The highest BCUT2D eigenvalue weighted by Gasteiger charge is 2.51. The van der Waals surface area contributed by atoms with E-state index in [1.165, 1.54) is 55.2 Å². The molecule has 0 N–H and O–H groups in total. The van der Waals surface area contributed by atoms with E-state index in [0.29, 0.717) is 23.0 Å². The second-order valence-corrected chi connectivity index (χ2v) is 12.1. The fraction of sp³-hybridized carbons (Fsp3) is 0.353. The first kappa shape index (κ1) is 23.3. The molecule has 4 fully saturated rings. The Morgan fingerprint density at radius 3 is 1.53 bits per heavy atom. The van der Waals surface area contributed by atoms with E-state index in [1.807, 2.05) is 6.07 Å². The van der Waals surface area contributed by atoms with E-state index < -0.39 is 0 Å². The van der Waals surface area contributed by atoms with Gasteiger partial charge >= 0.3 is 0 Å². The molecule has 1 aromatic heterocycles. The second kappa shape index (κ2) is 8.88. The number of hydrogen-bond donors (Lipinski definition) is 0. The minimum atomic E-state index is 0.197. The van der Waals surface area contributed by atoms with Crippen LogP contribution in [0.5, 0.6) is 0 Å². The monoisotopic (exact) mass is 496 g/mol. The molecule has 4 heteroatoms. The quantitative estimate of drug-likeness (QED) is 0.289. The average Bonchev–Trinajstić information content (AvgIpc) is 2.92. The summed E-state index contributed by atoms with van der Waals surface area (Å²) in [7, 11) is 0. The summed E-state index contributed by atoms with van der Waals surface area (Å²) >= 11 is 0. The van der Waals surface area contributed by atoms with Crippen LogP contribution in [0.4, 0.5) is 0 Å². The molecule has 38 heavy (non-hydrogen) atoms. The summed E-state index contributed by atoms with van der Waals surface area (Å²) in [5.74, 6) is 4.47. The molecule has 4 saturated carbocycles. The molecular weight excluding hydrogens is 464 g/mol. The molecule has 4 aliphatic carbocycles. The smallest absolute Gasteiger partial charge is 0.164 e. The summed E-state index contributed by atoms with van der Waals surface area (Å²) in [6.07, 6.45) is 7.97. The van der Waals surface area contributed by atoms with E-state index in [1.54, 1.807) is 0 Å². The first-order valence-corrected chi connectivity index (χ1v) is 13.9. The summed E-state index contributed by atoms with van der Waals surface area (Å²) < 4.78 is 0. The van der Waals surface area contributed by atoms with Gasteiger partial charge in [0.05, 0.1) is 11.6 Å². The van der Waals surface area contributed by atoms with Crippen molar-refractivity contribution in [2.75, 3.05) is 0 Å². The maximum absolute atomic E-state index is 10.0. The van der Waals surface area contributed by atoms with Gasteiger partial charge < -0.3 is 0 Å². The van der Waals surface area contributed by atoms with E-state index in [-0.39, 0.29) is 5.41 Å². The fourth-order valence-electron chi connectivity index (χ4n) is 7.76. The SMILES string of the molecule is Cc1ccc(-c2nc(-c3ccc(C)cc3)nc(-c3cc(C#N)cc(C45CC6CC(CC(C6)C4)C5)c3)n2)cc1. The van der Waals surface area contributed by atoms with Crippen LogP contribution in [0, 0.1) is 42.9 Å². The Kier molecular flexibility index (Phi) is 5.44. The zero-order chi connectivity index (χ0) is 25.9. The Morgan fingerprint density at radius 2 is 1.08 bits per heavy atom. The van der Waals surface area contributed by atoms with Gasteiger partial charge in [0.25, 0.3) is 0 Å². The highest BCUT2D eigenvalue weighted by molar-refractivity contribution is 5.68. The van der Waals surface area contributed by atoms with Gasteiger partial charge in [0.1, 0.15) is 0 Å². The lowest BCUT2D eigenvalue weighted by Gasteiger charge is -2.57. The lowest BCUT2D eigenvalue weighted by molar-refractivity contribution is -0.00518. The molecule has 4 aromatic rings. The predicted molar refractivity (Wildman–Crippen MR) is 150 cm³/mol. The van der Waals surface area contributed by atoms with Crippen molar-refractivity contribution in [2.24, 2.45) is 17.8 Å². The van der Waals surface area contributed by atoms with E-state index in [2.05, 4.69) is 80.6 Å². The standard InChI is InChI=1S/C34H32N4/c1-21-3-7-27(8-4-21)31-36-32(28-9-5-22(2)6-10-28)38-33(37-31)29-14-26(20-35)15-30(16-29)34-17-23-11-24(18-34)13-25(12-23)19-34/h3-10,14-16,23-25H,11-13,17-19H2,1-2H3. The molecule has 3 aromatic carbocycles. The lowest BCUT2D eigenvalue weighted by atomic mass is 9.48. The third kappa shape index (κ3) is 4.11. The molecule has 4 bridgehead atoms. The molecule has 188 valence electrons. The topological polar surface area (TPSA) is 62.5 Å². The number of aryl methyl sites for hydroxylation is 2. The summed E-state index contributed by atoms with van der Waals surface area (Å²) in [6.45, 7) is 4.17. The number of nitriles is 1. The van der Waals surface area contributed by atoms with Crippen molar-refractivity contribution in [1.29, 1.82) is 5.26 Å². The molecule has 4 aliphatic rings. The average molecular weight is 497 g/mol. The van der Waals surface area contributed by atoms with Gasteiger partial charge in [-0.1, -0.05) is 59.7 Å². The van der Waals surface area contributed by atoms with Gasteiger partial charge in [0, 0.05) is 16.7 Å². The van der Waals surface area contributed by atoms with Crippen molar-refractivity contribution in [2.45, 2.75) is 57.8 Å². The summed E-state index contributed by atoms with van der Waals surface area (Å²) in [6, 6.07) is 25.5. The van der Waals surface area contributed by atoms with Crippen LogP contribution in [0.15, 0.2) is 66.7 Å². The highest BCUT2D eigenvalue weighted by atomic mass is 15.0. The molecule has 0 radical (unpaired) electrons. The highest BCUT2D eigenvalue weighted by Crippen LogP contribution is 2.61. The van der Waals surface area contributed by atoms with Crippen LogP contribution >= 0.6 is 0 Å². The molecule has 0 saturated heterocycles. The number of hydrogen-bond acceptors (Lipinski definition) is 4. The maximum Gasteiger partial charge on any atom is 0.164 e. The first-order chi connectivity index (χ1) is 18.5. The van der Waals surface area contributed by atoms with Crippen molar-refractivity contribution in [3.05, 3.63) is 89.0 Å².